The third kappa shape index (κ3) is 4.17. The molecule has 2 fully saturated rings. The summed E-state index contributed by atoms with van der Waals surface area (Å²) in [6.45, 7) is 10.6. The second kappa shape index (κ2) is 9.02. The zero-order valence-electron chi connectivity index (χ0n) is 20.4. The number of benzene rings is 2. The highest BCUT2D eigenvalue weighted by Crippen LogP contribution is 2.33. The van der Waals surface area contributed by atoms with Crippen LogP contribution in [0.25, 0.3) is 16.7 Å². The molecule has 34 heavy (non-hydrogen) atoms. The van der Waals surface area contributed by atoms with Crippen LogP contribution in [0.3, 0.4) is 0 Å². The monoisotopic (exact) mass is 464 g/mol. The molecule has 3 heterocycles. The smallest absolute Gasteiger partial charge is 0.223 e. The van der Waals surface area contributed by atoms with Crippen molar-refractivity contribution >= 4 is 22.9 Å². The van der Waals surface area contributed by atoms with Gasteiger partial charge in [0.1, 0.15) is 5.82 Å². The van der Waals surface area contributed by atoms with E-state index in [-0.39, 0.29) is 23.7 Å². The van der Waals surface area contributed by atoms with E-state index in [1.165, 1.54) is 11.1 Å². The Morgan fingerprint density at radius 2 is 1.68 bits per heavy atom. The lowest BCUT2D eigenvalue weighted by molar-refractivity contribution is -0.126. The summed E-state index contributed by atoms with van der Waals surface area (Å²) >= 11 is 0. The van der Waals surface area contributed by atoms with Gasteiger partial charge in [0.2, 0.25) is 11.9 Å². The zero-order valence-corrected chi connectivity index (χ0v) is 20.4. The number of carbonyl (C=O) groups excluding carboxylic acids is 1. The summed E-state index contributed by atoms with van der Waals surface area (Å²) in [5, 5.41) is 3.15. The van der Waals surface area contributed by atoms with Crippen LogP contribution < -0.4 is 10.2 Å². The van der Waals surface area contributed by atoms with Gasteiger partial charge in [-0.05, 0) is 93.5 Å². The maximum Gasteiger partial charge on any atom is 0.223 e. The molecule has 6 nitrogen and oxygen atoms in total. The Kier molecular flexibility index (Phi) is 6.06. The number of hydrogen-bond donors (Lipinski definition) is 1. The van der Waals surface area contributed by atoms with Gasteiger partial charge < -0.3 is 15.0 Å². The van der Waals surface area contributed by atoms with Crippen LogP contribution in [-0.4, -0.2) is 47.8 Å². The molecule has 2 aliphatic rings. The summed E-state index contributed by atoms with van der Waals surface area (Å²) in [6.07, 6.45) is 2.45. The van der Waals surface area contributed by atoms with Crippen LogP contribution >= 0.6 is 0 Å². The molecule has 0 aliphatic carbocycles. The number of imidazole rings is 1. The molecule has 1 atom stereocenters. The predicted octanol–water partition coefficient (Wildman–Crippen LogP) is 4.52. The molecule has 0 unspecified atom stereocenters. The minimum atomic E-state index is -0.166. The van der Waals surface area contributed by atoms with Gasteiger partial charge in [-0.3, -0.25) is 9.36 Å². The highest BCUT2D eigenvalue weighted by atomic mass is 19.1. The molecule has 3 aromatic rings. The number of carbonyl (C=O) groups is 1. The summed E-state index contributed by atoms with van der Waals surface area (Å²) in [4.78, 5) is 20.1. The molecule has 1 amide bonds. The van der Waals surface area contributed by atoms with Crippen molar-refractivity contribution in [1.82, 2.24) is 14.9 Å². The van der Waals surface area contributed by atoms with E-state index in [9.17, 15) is 9.18 Å². The number of aromatic nitrogens is 2. The third-order valence-electron chi connectivity index (χ3n) is 7.36. The second-order valence-corrected chi connectivity index (χ2v) is 9.90. The molecule has 0 saturated carbocycles. The van der Waals surface area contributed by atoms with Gasteiger partial charge in [-0.1, -0.05) is 0 Å². The molecule has 0 bridgehead atoms. The highest BCUT2D eigenvalue weighted by molar-refractivity contribution is 5.83. The largest absolute Gasteiger partial charge is 0.379 e. The number of ether oxygens (including phenoxy) is 1. The quantitative estimate of drug-likeness (QED) is 0.617. The Hall–Kier alpha value is -2.93. The van der Waals surface area contributed by atoms with Crippen LogP contribution in [0.4, 0.5) is 10.3 Å². The van der Waals surface area contributed by atoms with E-state index in [4.69, 9.17) is 9.72 Å². The first kappa shape index (κ1) is 22.8. The van der Waals surface area contributed by atoms with E-state index < -0.39 is 0 Å². The van der Waals surface area contributed by atoms with Crippen molar-refractivity contribution in [1.29, 1.82) is 0 Å². The SMILES string of the molecule is Cc1cc2nc(N3CCC(C(=O)N[C@@H]4CCOC4)CC3)n(-c3cc(C)c(F)c(C)c3)c2cc1C. The Morgan fingerprint density at radius 3 is 2.32 bits per heavy atom. The molecular weight excluding hydrogens is 431 g/mol. The van der Waals surface area contributed by atoms with Crippen LogP contribution in [-0.2, 0) is 9.53 Å². The Balaban J connectivity index is 1.46. The van der Waals surface area contributed by atoms with Gasteiger partial charge in [-0.15, -0.1) is 0 Å². The zero-order chi connectivity index (χ0) is 24.0. The topological polar surface area (TPSA) is 59.4 Å². The second-order valence-electron chi connectivity index (χ2n) is 9.90. The molecule has 2 saturated heterocycles. The number of fused-ring (bicyclic) bond motifs is 1. The summed E-state index contributed by atoms with van der Waals surface area (Å²) < 4.78 is 22.0. The number of aryl methyl sites for hydroxylation is 4. The Labute approximate surface area is 200 Å². The van der Waals surface area contributed by atoms with Gasteiger partial charge in [0.25, 0.3) is 0 Å². The van der Waals surface area contributed by atoms with Gasteiger partial charge in [-0.25, -0.2) is 9.37 Å². The summed E-state index contributed by atoms with van der Waals surface area (Å²) in [5.41, 5.74) is 6.50. The van der Waals surface area contributed by atoms with Crippen molar-refractivity contribution in [3.05, 3.63) is 52.3 Å². The number of hydrogen-bond acceptors (Lipinski definition) is 4. The average Bonchev–Trinajstić information content (AvgIpc) is 3.45. The number of piperidine rings is 1. The standard InChI is InChI=1S/C27H33FN4O2/c1-16-13-23-24(14-17(16)2)32(22-11-18(3)25(28)19(4)12-22)27(30-23)31-8-5-20(6-9-31)26(33)29-21-7-10-34-15-21/h11-14,20-21H,5-10,15H2,1-4H3,(H,29,33)/t21-/m1/s1. The van der Waals surface area contributed by atoms with E-state index >= 15 is 0 Å². The predicted molar refractivity (Wildman–Crippen MR) is 132 cm³/mol. The van der Waals surface area contributed by atoms with Crippen molar-refractivity contribution < 1.29 is 13.9 Å². The first-order valence-corrected chi connectivity index (χ1v) is 12.2. The Bertz CT molecular complexity index is 1210. The molecule has 5 rings (SSSR count). The molecule has 0 radical (unpaired) electrons. The van der Waals surface area contributed by atoms with Crippen molar-refractivity contribution in [2.45, 2.75) is 53.0 Å². The number of halogens is 1. The summed E-state index contributed by atoms with van der Waals surface area (Å²) in [6, 6.07) is 8.22. The van der Waals surface area contributed by atoms with Gasteiger partial charge in [0, 0.05) is 31.3 Å². The number of nitrogens with zero attached hydrogens (tertiary/aromatic N) is 3. The molecule has 2 aromatic carbocycles. The van der Waals surface area contributed by atoms with Crippen LogP contribution in [0.15, 0.2) is 24.3 Å². The Morgan fingerprint density at radius 1 is 1.00 bits per heavy atom. The van der Waals surface area contributed by atoms with Gasteiger partial charge >= 0.3 is 0 Å². The van der Waals surface area contributed by atoms with E-state index in [0.29, 0.717) is 17.7 Å². The van der Waals surface area contributed by atoms with E-state index in [0.717, 1.165) is 61.6 Å². The first-order valence-electron chi connectivity index (χ1n) is 12.2. The fourth-order valence-electron chi connectivity index (χ4n) is 5.15. The van der Waals surface area contributed by atoms with E-state index in [1.807, 2.05) is 12.1 Å². The maximum absolute atomic E-state index is 14.4. The third-order valence-corrected chi connectivity index (χ3v) is 7.36. The van der Waals surface area contributed by atoms with Crippen molar-refractivity contribution in [2.24, 2.45) is 5.92 Å². The fraction of sp³-hybridized carbons (Fsp3) is 0.481. The number of amides is 1. The molecule has 180 valence electrons. The van der Waals surface area contributed by atoms with E-state index in [1.54, 1.807) is 13.8 Å². The molecule has 7 heteroatoms. The lowest BCUT2D eigenvalue weighted by Crippen LogP contribution is -2.44. The lowest BCUT2D eigenvalue weighted by Gasteiger charge is -2.33. The molecule has 2 aliphatic heterocycles. The lowest BCUT2D eigenvalue weighted by atomic mass is 9.95. The molecular formula is C27H33FN4O2. The minimum absolute atomic E-state index is 0.00878. The van der Waals surface area contributed by atoms with Gasteiger partial charge in [0.15, 0.2) is 0 Å². The van der Waals surface area contributed by atoms with Crippen molar-refractivity contribution in [2.75, 3.05) is 31.2 Å². The van der Waals surface area contributed by atoms with Crippen molar-refractivity contribution in [3.8, 4) is 5.69 Å². The van der Waals surface area contributed by atoms with Crippen LogP contribution in [0.2, 0.25) is 0 Å². The minimum Gasteiger partial charge on any atom is -0.379 e. The summed E-state index contributed by atoms with van der Waals surface area (Å²) in [5.74, 6) is 0.837. The van der Waals surface area contributed by atoms with Crippen molar-refractivity contribution in [3.63, 3.8) is 0 Å². The first-order chi connectivity index (χ1) is 16.3. The van der Waals surface area contributed by atoms with Crippen LogP contribution in [0, 0.1) is 39.4 Å². The molecule has 1 N–H and O–H groups in total. The maximum atomic E-state index is 14.4. The number of anilines is 1. The number of rotatable bonds is 4. The molecule has 1 aromatic heterocycles. The van der Waals surface area contributed by atoms with Gasteiger partial charge in [-0.2, -0.15) is 0 Å². The highest BCUT2D eigenvalue weighted by Gasteiger charge is 2.30. The molecule has 0 spiro atoms. The van der Waals surface area contributed by atoms with Crippen LogP contribution in [0.5, 0.6) is 0 Å². The normalized spacial score (nSPS) is 19.2. The van der Waals surface area contributed by atoms with Crippen LogP contribution in [0.1, 0.15) is 41.5 Å². The number of nitrogens with one attached hydrogen (secondary N) is 1. The average molecular weight is 465 g/mol. The van der Waals surface area contributed by atoms with E-state index in [2.05, 4.69) is 40.8 Å². The fourth-order valence-corrected chi connectivity index (χ4v) is 5.15. The van der Waals surface area contributed by atoms with Gasteiger partial charge in [0.05, 0.1) is 23.7 Å². The summed E-state index contributed by atoms with van der Waals surface area (Å²) in [7, 11) is 0.